The zero-order valence-electron chi connectivity index (χ0n) is 26.1. The lowest BCUT2D eigenvalue weighted by Crippen LogP contribution is -2.18. The van der Waals surface area contributed by atoms with Crippen molar-refractivity contribution in [2.45, 2.75) is 66.2 Å². The summed E-state index contributed by atoms with van der Waals surface area (Å²) in [6, 6.07) is 35.5. The largest absolute Gasteiger partial charge is 0.245 e. The Morgan fingerprint density at radius 1 is 0.500 bits per heavy atom. The number of rotatable bonds is 6. The zero-order chi connectivity index (χ0) is 30.1. The molecule has 0 atom stereocenters. The average Bonchev–Trinajstić information content (AvgIpc) is 3.59. The fraction of sp³-hybridized carbons (Fsp3) is 0.270. The van der Waals surface area contributed by atoms with Crippen LogP contribution in [-0.2, 0) is 10.8 Å². The van der Waals surface area contributed by atoms with E-state index in [0.717, 1.165) is 56.7 Å². The number of hydrogen-bond acceptors (Lipinski definition) is 3. The summed E-state index contributed by atoms with van der Waals surface area (Å²) in [6.45, 7) is 17.3. The smallest absolute Gasteiger partial charge is 0.0867 e. The normalized spacial score (nSPS) is 13.0. The molecule has 5 aromatic rings. The Bertz CT molecular complexity index is 1610. The fourth-order valence-corrected chi connectivity index (χ4v) is 5.10. The van der Waals surface area contributed by atoms with Crippen molar-refractivity contribution in [3.63, 3.8) is 0 Å². The highest BCUT2D eigenvalue weighted by atomic mass is 15.4. The van der Waals surface area contributed by atoms with Gasteiger partial charge in [0.1, 0.15) is 0 Å². The second kappa shape index (κ2) is 11.4. The lowest BCUT2D eigenvalue weighted by molar-refractivity contribution is 0.541. The van der Waals surface area contributed by atoms with Crippen LogP contribution >= 0.6 is 0 Å². The Morgan fingerprint density at radius 3 is 1.24 bits per heavy atom. The molecule has 3 heterocycles. The van der Waals surface area contributed by atoms with Gasteiger partial charge in [0.2, 0.25) is 0 Å². The summed E-state index contributed by atoms with van der Waals surface area (Å²) in [4.78, 5) is 5.03. The van der Waals surface area contributed by atoms with Crippen molar-refractivity contribution in [2.75, 3.05) is 0 Å². The summed E-state index contributed by atoms with van der Waals surface area (Å²) in [5, 5.41) is 10.3. The van der Waals surface area contributed by atoms with Gasteiger partial charge in [-0.05, 0) is 50.2 Å². The van der Waals surface area contributed by atoms with E-state index in [1.165, 1.54) is 0 Å². The van der Waals surface area contributed by atoms with Crippen LogP contribution in [0.1, 0.15) is 78.2 Å². The molecule has 5 nitrogen and oxygen atoms in total. The Balaban J connectivity index is 1.57. The van der Waals surface area contributed by atoms with Gasteiger partial charge in [-0.2, -0.15) is 10.2 Å². The molecular weight excluding hydrogens is 514 g/mol. The summed E-state index contributed by atoms with van der Waals surface area (Å²) in [5.74, 6) is 0. The van der Waals surface area contributed by atoms with E-state index < -0.39 is 0 Å². The van der Waals surface area contributed by atoms with Gasteiger partial charge in [0.15, 0.2) is 0 Å². The molecule has 0 aliphatic carbocycles. The third-order valence-electron chi connectivity index (χ3n) is 7.38. The van der Waals surface area contributed by atoms with E-state index in [-0.39, 0.29) is 10.8 Å². The van der Waals surface area contributed by atoms with Gasteiger partial charge in [-0.1, -0.05) is 108 Å². The topological polar surface area (TPSA) is 47.5 Å². The van der Waals surface area contributed by atoms with E-state index in [0.29, 0.717) is 0 Å². The molecule has 2 aromatic carbocycles. The fourth-order valence-electron chi connectivity index (χ4n) is 5.10. The molecule has 0 saturated heterocycles. The van der Waals surface area contributed by atoms with Crippen LogP contribution < -0.4 is 0 Å². The molecule has 214 valence electrons. The van der Waals surface area contributed by atoms with Gasteiger partial charge >= 0.3 is 0 Å². The first kappa shape index (κ1) is 29.0. The van der Waals surface area contributed by atoms with Crippen LogP contribution in [0.3, 0.4) is 0 Å². The van der Waals surface area contributed by atoms with Crippen LogP contribution in [0.15, 0.2) is 113 Å². The molecular formula is C37H41N5. The van der Waals surface area contributed by atoms with Crippen LogP contribution in [0.4, 0.5) is 0 Å². The molecule has 0 saturated carbocycles. The van der Waals surface area contributed by atoms with E-state index >= 15 is 0 Å². The van der Waals surface area contributed by atoms with Crippen LogP contribution in [-0.4, -0.2) is 25.8 Å². The molecule has 0 amide bonds. The average molecular weight is 556 g/mol. The van der Waals surface area contributed by atoms with Gasteiger partial charge in [-0.15, -0.1) is 0 Å². The minimum absolute atomic E-state index is 0.0761. The van der Waals surface area contributed by atoms with Gasteiger partial charge in [0.05, 0.1) is 34.2 Å². The molecule has 0 aliphatic rings. The number of aromatic nitrogens is 3. The molecule has 0 unspecified atom stereocenters. The maximum absolute atomic E-state index is 5.13. The number of nitrogens with zero attached hydrogens (tertiary/aromatic N) is 5. The van der Waals surface area contributed by atoms with E-state index in [1.54, 1.807) is 0 Å². The van der Waals surface area contributed by atoms with Gasteiger partial charge in [0, 0.05) is 33.3 Å². The number of hydrogen-bond donors (Lipinski definition) is 0. The predicted molar refractivity (Wildman–Crippen MR) is 177 cm³/mol. The zero-order valence-corrected chi connectivity index (χ0v) is 26.1. The van der Waals surface area contributed by atoms with Gasteiger partial charge < -0.3 is 0 Å². The highest BCUT2D eigenvalue weighted by Crippen LogP contribution is 2.31. The Hall–Kier alpha value is -4.51. The lowest BCUT2D eigenvalue weighted by atomic mass is 9.92. The molecule has 0 aliphatic heterocycles. The molecule has 0 N–H and O–H groups in total. The monoisotopic (exact) mass is 555 g/mol. The minimum Gasteiger partial charge on any atom is -0.245 e. The molecule has 5 heteroatoms. The molecule has 0 radical (unpaired) electrons. The van der Waals surface area contributed by atoms with Crippen molar-refractivity contribution in [3.8, 4) is 22.5 Å². The summed E-state index contributed by atoms with van der Waals surface area (Å²) >= 11 is 0. The van der Waals surface area contributed by atoms with Gasteiger partial charge in [-0.25, -0.2) is 14.3 Å². The van der Waals surface area contributed by atoms with Crippen molar-refractivity contribution in [2.24, 2.45) is 10.2 Å². The van der Waals surface area contributed by atoms with Crippen molar-refractivity contribution < 1.29 is 0 Å². The Morgan fingerprint density at radius 2 is 0.881 bits per heavy atom. The second-order valence-electron chi connectivity index (χ2n) is 12.8. The maximum Gasteiger partial charge on any atom is 0.0867 e. The van der Waals surface area contributed by atoms with E-state index in [4.69, 9.17) is 15.2 Å². The molecule has 0 bridgehead atoms. The number of benzene rings is 2. The summed E-state index contributed by atoms with van der Waals surface area (Å²) < 4.78 is 4.14. The van der Waals surface area contributed by atoms with Crippen LogP contribution in [0, 0.1) is 0 Å². The molecule has 5 rings (SSSR count). The predicted octanol–water partition coefficient (Wildman–Crippen LogP) is 9.16. The highest BCUT2D eigenvalue weighted by molar-refractivity contribution is 6.00. The van der Waals surface area contributed by atoms with Crippen molar-refractivity contribution in [1.82, 2.24) is 14.3 Å². The third-order valence-corrected chi connectivity index (χ3v) is 7.38. The lowest BCUT2D eigenvalue weighted by Gasteiger charge is -2.21. The quantitative estimate of drug-likeness (QED) is 0.193. The summed E-state index contributed by atoms with van der Waals surface area (Å²) in [7, 11) is 0. The molecule has 42 heavy (non-hydrogen) atoms. The van der Waals surface area contributed by atoms with Crippen LogP contribution in [0.5, 0.6) is 0 Å². The molecule has 0 spiro atoms. The van der Waals surface area contributed by atoms with Gasteiger partial charge in [0.25, 0.3) is 0 Å². The van der Waals surface area contributed by atoms with E-state index in [2.05, 4.69) is 124 Å². The Labute approximate surface area is 250 Å². The summed E-state index contributed by atoms with van der Waals surface area (Å²) in [6.07, 6.45) is 0. The standard InChI is InChI=1S/C37H41N5/c1-26(39-41-32(28-16-11-9-12-17-28)22-24-34(41)36(3,4)5)30-20-15-21-31(38-30)27(2)40-42-33(29-18-13-10-14-19-29)23-25-35(42)37(6,7)8/h9-25H,1-8H3/b39-26+,40-27+. The maximum atomic E-state index is 5.13. The minimum atomic E-state index is -0.0761. The van der Waals surface area contributed by atoms with E-state index in [1.807, 2.05) is 44.2 Å². The van der Waals surface area contributed by atoms with Crippen molar-refractivity contribution in [3.05, 3.63) is 126 Å². The van der Waals surface area contributed by atoms with Crippen molar-refractivity contribution >= 4 is 11.4 Å². The van der Waals surface area contributed by atoms with Crippen LogP contribution in [0.25, 0.3) is 22.5 Å². The summed E-state index contributed by atoms with van der Waals surface area (Å²) in [5.41, 5.74) is 9.83. The molecule has 0 fully saturated rings. The number of pyridine rings is 1. The third kappa shape index (κ3) is 6.06. The first-order valence-corrected chi connectivity index (χ1v) is 14.6. The van der Waals surface area contributed by atoms with Crippen molar-refractivity contribution in [1.29, 1.82) is 0 Å². The second-order valence-corrected chi connectivity index (χ2v) is 12.8. The SMILES string of the molecule is C/C(=N\n1c(-c2ccccc2)ccc1C(C)(C)C)c1cccc(/C(C)=N/n2c(-c3ccccc3)ccc2C(C)(C)C)n1. The Kier molecular flexibility index (Phi) is 7.87. The first-order valence-electron chi connectivity index (χ1n) is 14.6. The highest BCUT2D eigenvalue weighted by Gasteiger charge is 2.23. The van der Waals surface area contributed by atoms with Crippen LogP contribution in [0.2, 0.25) is 0 Å². The van der Waals surface area contributed by atoms with Gasteiger partial charge in [-0.3, -0.25) is 0 Å². The molecule has 3 aromatic heterocycles. The van der Waals surface area contributed by atoms with E-state index in [9.17, 15) is 0 Å². The first-order chi connectivity index (χ1) is 19.9.